The number of primary amides is 1. The van der Waals surface area contributed by atoms with E-state index in [-0.39, 0.29) is 35.1 Å². The van der Waals surface area contributed by atoms with Gasteiger partial charge in [0.25, 0.3) is 5.91 Å². The molecule has 0 spiro atoms. The van der Waals surface area contributed by atoms with Crippen molar-refractivity contribution in [2.75, 3.05) is 17.7 Å². The minimum absolute atomic E-state index is 0.00197. The second kappa shape index (κ2) is 9.17. The molecule has 3 aromatic rings. The molecule has 3 heterocycles. The Morgan fingerprint density at radius 3 is 2.75 bits per heavy atom. The number of furan rings is 1. The number of anilines is 1. The van der Waals surface area contributed by atoms with E-state index in [0.29, 0.717) is 11.2 Å². The predicted octanol–water partition coefficient (Wildman–Crippen LogP) is 3.25. The number of thioether (sulfide) groups is 1. The third-order valence-electron chi connectivity index (χ3n) is 4.71. The predicted molar refractivity (Wildman–Crippen MR) is 119 cm³/mol. The zero-order valence-corrected chi connectivity index (χ0v) is 19.0. The van der Waals surface area contributed by atoms with Crippen LogP contribution in [0.15, 0.2) is 27.1 Å². The van der Waals surface area contributed by atoms with Crippen molar-refractivity contribution in [2.45, 2.75) is 37.9 Å². The molecule has 1 fully saturated rings. The third kappa shape index (κ3) is 4.41. The zero-order valence-electron chi connectivity index (χ0n) is 17.4. The molecule has 4 rings (SSSR count). The molecule has 0 atom stereocenters. The standard InChI is InChI=1S/C20H21N5O5S2/c1-3-29-19(28)14-10(2)30-18(15(14)16(21)27)22-13(26)9-32-20-24-23-17(12-5-4-8-31-12)25(20)11-6-7-11/h4-5,8,11H,3,6-7,9H2,1-2H3,(H2,21,27)(H,22,26). The first-order valence-corrected chi connectivity index (χ1v) is 11.8. The molecule has 168 valence electrons. The Bertz CT molecular complexity index is 1160. The molecule has 32 heavy (non-hydrogen) atoms. The number of nitrogens with zero attached hydrogens (tertiary/aromatic N) is 3. The van der Waals surface area contributed by atoms with Crippen LogP contribution in [0.25, 0.3) is 10.7 Å². The average Bonchev–Trinajstić information content (AvgIpc) is 3.14. The Hall–Kier alpha value is -3.12. The fraction of sp³-hybridized carbons (Fsp3) is 0.350. The summed E-state index contributed by atoms with van der Waals surface area (Å²) in [7, 11) is 0. The molecule has 0 bridgehead atoms. The summed E-state index contributed by atoms with van der Waals surface area (Å²) in [5.74, 6) is -1.33. The fourth-order valence-corrected chi connectivity index (χ4v) is 4.73. The number of hydrogen-bond acceptors (Lipinski definition) is 9. The number of carbonyl (C=O) groups excluding carboxylic acids is 3. The maximum atomic E-state index is 12.6. The number of aromatic nitrogens is 3. The van der Waals surface area contributed by atoms with Gasteiger partial charge in [0.05, 0.1) is 17.2 Å². The minimum atomic E-state index is -0.901. The molecule has 1 aliphatic rings. The molecular formula is C20H21N5O5S2. The van der Waals surface area contributed by atoms with Crippen molar-refractivity contribution in [3.8, 4) is 10.7 Å². The van der Waals surface area contributed by atoms with E-state index in [4.69, 9.17) is 14.9 Å². The number of amides is 2. The molecule has 0 radical (unpaired) electrons. The van der Waals surface area contributed by atoms with Crippen LogP contribution in [0.5, 0.6) is 0 Å². The second-order valence-electron chi connectivity index (χ2n) is 7.04. The summed E-state index contributed by atoms with van der Waals surface area (Å²) in [6.07, 6.45) is 2.08. The summed E-state index contributed by atoms with van der Waals surface area (Å²) in [4.78, 5) is 37.7. The van der Waals surface area contributed by atoms with Gasteiger partial charge in [-0.05, 0) is 38.1 Å². The molecule has 0 saturated heterocycles. The van der Waals surface area contributed by atoms with Crippen molar-refractivity contribution in [1.82, 2.24) is 14.8 Å². The number of esters is 1. The van der Waals surface area contributed by atoms with E-state index in [1.165, 1.54) is 18.7 Å². The quantitative estimate of drug-likeness (QED) is 0.355. The van der Waals surface area contributed by atoms with Crippen LogP contribution >= 0.6 is 23.1 Å². The Labute approximate surface area is 191 Å². The van der Waals surface area contributed by atoms with E-state index in [0.717, 1.165) is 23.5 Å². The summed E-state index contributed by atoms with van der Waals surface area (Å²) >= 11 is 2.82. The lowest BCUT2D eigenvalue weighted by Crippen LogP contribution is -2.21. The number of rotatable bonds is 9. The third-order valence-corrected chi connectivity index (χ3v) is 6.52. The van der Waals surface area contributed by atoms with Gasteiger partial charge in [0, 0.05) is 6.04 Å². The molecule has 10 nitrogen and oxygen atoms in total. The molecule has 3 N–H and O–H groups in total. The van der Waals surface area contributed by atoms with Gasteiger partial charge in [-0.15, -0.1) is 21.5 Å². The monoisotopic (exact) mass is 475 g/mol. The Morgan fingerprint density at radius 2 is 2.12 bits per heavy atom. The van der Waals surface area contributed by atoms with Gasteiger partial charge < -0.3 is 14.9 Å². The fourth-order valence-electron chi connectivity index (χ4n) is 3.22. The first-order valence-electron chi connectivity index (χ1n) is 9.92. The van der Waals surface area contributed by atoms with Crippen molar-refractivity contribution in [3.05, 3.63) is 34.4 Å². The topological polar surface area (TPSA) is 142 Å². The van der Waals surface area contributed by atoms with Gasteiger partial charge >= 0.3 is 5.97 Å². The SMILES string of the molecule is CCOC(=O)c1c(C)oc(NC(=O)CSc2nnc(-c3cccs3)n2C2CC2)c1C(N)=O. The number of ether oxygens (including phenoxy) is 1. The van der Waals surface area contributed by atoms with Gasteiger partial charge in [-0.2, -0.15) is 0 Å². The second-order valence-corrected chi connectivity index (χ2v) is 8.93. The van der Waals surface area contributed by atoms with E-state index in [9.17, 15) is 14.4 Å². The summed E-state index contributed by atoms with van der Waals surface area (Å²) in [6, 6.07) is 4.27. The van der Waals surface area contributed by atoms with Crippen molar-refractivity contribution in [1.29, 1.82) is 0 Å². The average molecular weight is 476 g/mol. The van der Waals surface area contributed by atoms with Gasteiger partial charge in [-0.1, -0.05) is 17.8 Å². The molecule has 0 aromatic carbocycles. The number of nitrogens with one attached hydrogen (secondary N) is 1. The summed E-state index contributed by atoms with van der Waals surface area (Å²) in [5, 5.41) is 13.7. The Morgan fingerprint density at radius 1 is 1.34 bits per heavy atom. The van der Waals surface area contributed by atoms with Crippen LogP contribution in [0.3, 0.4) is 0 Å². The minimum Gasteiger partial charge on any atom is -0.462 e. The molecule has 2 amide bonds. The lowest BCUT2D eigenvalue weighted by atomic mass is 10.1. The maximum absolute atomic E-state index is 12.6. The highest BCUT2D eigenvalue weighted by Gasteiger charge is 2.31. The maximum Gasteiger partial charge on any atom is 0.342 e. The van der Waals surface area contributed by atoms with Crippen molar-refractivity contribution in [3.63, 3.8) is 0 Å². The van der Waals surface area contributed by atoms with Crippen LogP contribution in [0.1, 0.15) is 52.3 Å². The Kier molecular flexibility index (Phi) is 6.33. The van der Waals surface area contributed by atoms with E-state index >= 15 is 0 Å². The zero-order chi connectivity index (χ0) is 22.8. The molecule has 0 unspecified atom stereocenters. The summed E-state index contributed by atoms with van der Waals surface area (Å²) in [6.45, 7) is 3.25. The van der Waals surface area contributed by atoms with Crippen LogP contribution in [0.4, 0.5) is 5.88 Å². The first kappa shape index (κ1) is 22.1. The van der Waals surface area contributed by atoms with E-state index in [2.05, 4.69) is 20.1 Å². The van der Waals surface area contributed by atoms with E-state index in [1.807, 2.05) is 17.5 Å². The molecule has 12 heteroatoms. The van der Waals surface area contributed by atoms with Gasteiger partial charge in [0.15, 0.2) is 11.0 Å². The van der Waals surface area contributed by atoms with Crippen molar-refractivity contribution in [2.24, 2.45) is 5.73 Å². The van der Waals surface area contributed by atoms with Crippen LogP contribution in [-0.2, 0) is 9.53 Å². The molecular weight excluding hydrogens is 454 g/mol. The van der Waals surface area contributed by atoms with Crippen molar-refractivity contribution >= 4 is 46.8 Å². The van der Waals surface area contributed by atoms with Gasteiger partial charge in [0.1, 0.15) is 16.9 Å². The lowest BCUT2D eigenvalue weighted by molar-refractivity contribution is -0.113. The number of thiophene rings is 1. The first-order chi connectivity index (χ1) is 15.4. The number of nitrogens with two attached hydrogens (primary N) is 1. The highest BCUT2D eigenvalue weighted by molar-refractivity contribution is 7.99. The van der Waals surface area contributed by atoms with Crippen LogP contribution in [-0.4, -0.2) is 44.9 Å². The van der Waals surface area contributed by atoms with Crippen LogP contribution < -0.4 is 11.1 Å². The molecule has 3 aromatic heterocycles. The lowest BCUT2D eigenvalue weighted by Gasteiger charge is -2.08. The smallest absolute Gasteiger partial charge is 0.342 e. The normalized spacial score (nSPS) is 13.2. The highest BCUT2D eigenvalue weighted by Crippen LogP contribution is 2.41. The number of aryl methyl sites for hydroxylation is 1. The summed E-state index contributed by atoms with van der Waals surface area (Å²) in [5.41, 5.74) is 5.13. The largest absolute Gasteiger partial charge is 0.462 e. The Balaban J connectivity index is 1.49. The van der Waals surface area contributed by atoms with Gasteiger partial charge in [0.2, 0.25) is 11.8 Å². The molecule has 1 saturated carbocycles. The number of carbonyl (C=O) groups is 3. The van der Waals surface area contributed by atoms with Crippen LogP contribution in [0.2, 0.25) is 0 Å². The summed E-state index contributed by atoms with van der Waals surface area (Å²) < 4.78 is 12.5. The molecule has 0 aliphatic heterocycles. The number of hydrogen-bond donors (Lipinski definition) is 2. The van der Waals surface area contributed by atoms with Crippen molar-refractivity contribution < 1.29 is 23.5 Å². The van der Waals surface area contributed by atoms with Gasteiger partial charge in [-0.3, -0.25) is 19.5 Å². The molecule has 1 aliphatic carbocycles. The van der Waals surface area contributed by atoms with Crippen LogP contribution in [0, 0.1) is 6.92 Å². The van der Waals surface area contributed by atoms with Gasteiger partial charge in [-0.25, -0.2) is 4.79 Å². The van der Waals surface area contributed by atoms with E-state index in [1.54, 1.807) is 18.3 Å². The van der Waals surface area contributed by atoms with E-state index < -0.39 is 17.8 Å². The highest BCUT2D eigenvalue weighted by atomic mass is 32.2.